The zero-order chi connectivity index (χ0) is 24.5. The minimum Gasteiger partial charge on any atom is -0.478 e. The smallest absolute Gasteiger partial charge is 0.337 e. The van der Waals surface area contributed by atoms with Crippen LogP contribution in [0.15, 0.2) is 12.4 Å². The van der Waals surface area contributed by atoms with Gasteiger partial charge in [0.15, 0.2) is 0 Å². The summed E-state index contributed by atoms with van der Waals surface area (Å²) in [5.74, 6) is -0.00111. The molecule has 3 aliphatic rings. The lowest BCUT2D eigenvalue weighted by atomic mass is 9.90. The summed E-state index contributed by atoms with van der Waals surface area (Å²) in [6.45, 7) is 0. The Morgan fingerprint density at radius 1 is 1.37 bits per heavy atom. The van der Waals surface area contributed by atoms with Crippen molar-refractivity contribution >= 4 is 34.9 Å². The molecule has 0 bridgehead atoms. The summed E-state index contributed by atoms with van der Waals surface area (Å²) in [7, 11) is 1.56. The number of fused-ring (bicyclic) bond motifs is 1. The number of aromatic carboxylic acids is 1. The van der Waals surface area contributed by atoms with Crippen LogP contribution in [0.1, 0.15) is 69.5 Å². The van der Waals surface area contributed by atoms with Crippen LogP contribution in [-0.4, -0.2) is 41.4 Å². The molecule has 184 valence electrons. The van der Waals surface area contributed by atoms with E-state index in [-0.39, 0.29) is 40.8 Å². The number of nitrogens with one attached hydrogen (secondary N) is 1. The van der Waals surface area contributed by atoms with Crippen LogP contribution in [0, 0.1) is 11.3 Å². The molecule has 12 heteroatoms. The molecule has 3 aromatic rings. The maximum absolute atomic E-state index is 13.0. The molecule has 35 heavy (non-hydrogen) atoms. The van der Waals surface area contributed by atoms with Crippen molar-refractivity contribution in [3.8, 4) is 0 Å². The maximum Gasteiger partial charge on any atom is 0.337 e. The summed E-state index contributed by atoms with van der Waals surface area (Å²) in [6, 6.07) is 1.15. The summed E-state index contributed by atoms with van der Waals surface area (Å²) in [4.78, 5) is 26.7. The first-order valence-electron chi connectivity index (χ1n) is 11.6. The zero-order valence-electron chi connectivity index (χ0n) is 19.0. The molecule has 1 spiro atoms. The third-order valence-corrected chi connectivity index (χ3v) is 8.95. The van der Waals surface area contributed by atoms with E-state index in [2.05, 4.69) is 20.6 Å². The molecular weight excluding hydrogens is 478 g/mol. The first-order valence-corrected chi connectivity index (χ1v) is 12.5. The molecule has 0 saturated heterocycles. The third kappa shape index (κ3) is 3.83. The highest BCUT2D eigenvalue weighted by molar-refractivity contribution is 7.12. The van der Waals surface area contributed by atoms with Gasteiger partial charge in [-0.15, -0.1) is 21.5 Å². The van der Waals surface area contributed by atoms with Crippen LogP contribution in [-0.2, 0) is 31.1 Å². The van der Waals surface area contributed by atoms with Crippen molar-refractivity contribution < 1.29 is 23.5 Å². The zero-order valence-corrected chi connectivity index (χ0v) is 19.8. The lowest BCUT2D eigenvalue weighted by Crippen LogP contribution is -2.20. The van der Waals surface area contributed by atoms with Crippen LogP contribution in [0.5, 0.6) is 0 Å². The van der Waals surface area contributed by atoms with Crippen molar-refractivity contribution in [2.45, 2.75) is 57.4 Å². The number of carbonyl (C=O) groups excluding carboxylic acids is 1. The van der Waals surface area contributed by atoms with E-state index < -0.39 is 12.4 Å². The van der Waals surface area contributed by atoms with Gasteiger partial charge in [-0.25, -0.2) is 13.6 Å². The molecular formula is C23H24F2N6O3S. The number of carboxylic acids is 1. The molecule has 0 amide bonds. The van der Waals surface area contributed by atoms with Gasteiger partial charge in [-0.05, 0) is 49.5 Å². The number of aromatic nitrogens is 5. The lowest BCUT2D eigenvalue weighted by molar-refractivity contribution is -0.119. The van der Waals surface area contributed by atoms with Crippen molar-refractivity contribution in [3.05, 3.63) is 39.0 Å². The number of Topliss-reactive ketones (excluding diaryl/α,β-unsaturated/α-hetero) is 1. The minimum atomic E-state index is -2.68. The van der Waals surface area contributed by atoms with E-state index in [0.29, 0.717) is 29.5 Å². The van der Waals surface area contributed by atoms with Gasteiger partial charge in [0.05, 0.1) is 5.56 Å². The largest absolute Gasteiger partial charge is 0.478 e. The number of halogens is 2. The molecule has 0 aromatic carbocycles. The van der Waals surface area contributed by atoms with Crippen molar-refractivity contribution in [3.63, 3.8) is 0 Å². The highest BCUT2D eigenvalue weighted by atomic mass is 32.1. The SMILES string of the molecule is Cn1nc(C(F)F)cc1Nc1nncn1[C@H]1CCc2sc(CC(=O)[C@H]3CC34CC4)c(C(=O)O)c2C1. The number of ketones is 1. The van der Waals surface area contributed by atoms with E-state index in [9.17, 15) is 23.5 Å². The maximum atomic E-state index is 13.0. The number of alkyl halides is 2. The van der Waals surface area contributed by atoms with Crippen LogP contribution in [0.3, 0.4) is 0 Å². The topological polar surface area (TPSA) is 115 Å². The van der Waals surface area contributed by atoms with Crippen LogP contribution >= 0.6 is 11.3 Å². The van der Waals surface area contributed by atoms with E-state index in [1.54, 1.807) is 13.4 Å². The van der Waals surface area contributed by atoms with E-state index in [0.717, 1.165) is 36.1 Å². The van der Waals surface area contributed by atoms with Gasteiger partial charge < -0.3 is 10.4 Å². The van der Waals surface area contributed by atoms with Crippen molar-refractivity contribution in [1.29, 1.82) is 0 Å². The molecule has 2 atom stereocenters. The lowest BCUT2D eigenvalue weighted by Gasteiger charge is -2.25. The first-order chi connectivity index (χ1) is 16.8. The van der Waals surface area contributed by atoms with Gasteiger partial charge in [0.1, 0.15) is 23.6 Å². The molecule has 6 rings (SSSR count). The van der Waals surface area contributed by atoms with Crippen molar-refractivity contribution in [1.82, 2.24) is 24.5 Å². The van der Waals surface area contributed by atoms with Gasteiger partial charge in [0.2, 0.25) is 5.95 Å². The fourth-order valence-corrected chi connectivity index (χ4v) is 6.81. The number of hydrogen-bond acceptors (Lipinski definition) is 7. The fraction of sp³-hybridized carbons (Fsp3) is 0.522. The molecule has 9 nitrogen and oxygen atoms in total. The standard InChI is InChI=1S/C23H24F2N6O3S/c1-30-18(7-14(29-30)20(24)25)27-22-28-26-10-31(22)11-2-3-16-12(6-11)19(21(33)34)17(35-16)8-15(32)13-9-23(13)4-5-23/h7,10-11,13,20H,2-6,8-9H2,1H3,(H,27,28)(H,33,34)/t11-,13+/m0/s1. The Balaban J connectivity index is 1.24. The number of anilines is 2. The summed E-state index contributed by atoms with van der Waals surface area (Å²) in [6.07, 6.45) is 4.16. The van der Waals surface area contributed by atoms with Gasteiger partial charge >= 0.3 is 5.97 Å². The molecule has 0 unspecified atom stereocenters. The van der Waals surface area contributed by atoms with Gasteiger partial charge in [-0.2, -0.15) is 5.10 Å². The molecule has 3 aromatic heterocycles. The number of nitrogens with zero attached hydrogens (tertiary/aromatic N) is 5. The predicted molar refractivity (Wildman–Crippen MR) is 122 cm³/mol. The number of aryl methyl sites for hydroxylation is 2. The highest BCUT2D eigenvalue weighted by Gasteiger charge is 2.65. The second-order valence-electron chi connectivity index (χ2n) is 9.83. The number of carboxylic acid groups (broad SMARTS) is 1. The Labute approximate surface area is 203 Å². The molecule has 2 fully saturated rings. The fourth-order valence-electron chi connectivity index (χ4n) is 5.46. The van der Waals surface area contributed by atoms with Gasteiger partial charge in [0.25, 0.3) is 6.43 Å². The van der Waals surface area contributed by atoms with Crippen LogP contribution in [0.2, 0.25) is 0 Å². The van der Waals surface area contributed by atoms with Gasteiger partial charge in [-0.3, -0.25) is 14.0 Å². The highest BCUT2D eigenvalue weighted by Crippen LogP contribution is 2.71. The Morgan fingerprint density at radius 2 is 2.17 bits per heavy atom. The van der Waals surface area contributed by atoms with E-state index in [4.69, 9.17) is 0 Å². The van der Waals surface area contributed by atoms with Gasteiger partial charge in [0, 0.05) is 41.2 Å². The van der Waals surface area contributed by atoms with E-state index in [1.165, 1.54) is 22.1 Å². The summed E-state index contributed by atoms with van der Waals surface area (Å²) in [5, 5.41) is 24.9. The third-order valence-electron chi connectivity index (χ3n) is 7.66. The summed E-state index contributed by atoms with van der Waals surface area (Å²) < 4.78 is 29.2. The second-order valence-corrected chi connectivity index (χ2v) is 11.0. The molecule has 0 radical (unpaired) electrons. The van der Waals surface area contributed by atoms with Crippen molar-refractivity contribution in [2.75, 3.05) is 5.32 Å². The normalized spacial score (nSPS) is 21.8. The average Bonchev–Trinajstić information content (AvgIpc) is 3.56. The summed E-state index contributed by atoms with van der Waals surface area (Å²) in [5.41, 5.74) is 0.959. The Hall–Kier alpha value is -3.15. The molecule has 3 heterocycles. The summed E-state index contributed by atoms with van der Waals surface area (Å²) >= 11 is 1.46. The molecule has 2 saturated carbocycles. The first kappa shape index (κ1) is 22.3. The van der Waals surface area contributed by atoms with Crippen molar-refractivity contribution in [2.24, 2.45) is 18.4 Å². The van der Waals surface area contributed by atoms with Gasteiger partial charge in [-0.1, -0.05) is 0 Å². The second kappa shape index (κ2) is 7.94. The monoisotopic (exact) mass is 502 g/mol. The minimum absolute atomic E-state index is 0.110. The molecule has 2 N–H and O–H groups in total. The number of carbonyl (C=O) groups is 2. The predicted octanol–water partition coefficient (Wildman–Crippen LogP) is 4.09. The average molecular weight is 503 g/mol. The van der Waals surface area contributed by atoms with E-state index in [1.807, 2.05) is 4.57 Å². The Morgan fingerprint density at radius 3 is 2.83 bits per heavy atom. The Bertz CT molecular complexity index is 1340. The number of rotatable bonds is 8. The van der Waals surface area contributed by atoms with Crippen LogP contribution < -0.4 is 5.32 Å². The molecule has 0 aliphatic heterocycles. The number of thiophene rings is 1. The van der Waals surface area contributed by atoms with Crippen LogP contribution in [0.25, 0.3) is 0 Å². The quantitative estimate of drug-likeness (QED) is 0.477. The Kier molecular flexibility index (Phi) is 5.06. The number of hydrogen-bond donors (Lipinski definition) is 2. The van der Waals surface area contributed by atoms with Crippen LogP contribution in [0.4, 0.5) is 20.5 Å². The van der Waals surface area contributed by atoms with E-state index >= 15 is 0 Å². The molecule has 3 aliphatic carbocycles.